The van der Waals surface area contributed by atoms with Gasteiger partial charge in [0.2, 0.25) is 0 Å². The quantitative estimate of drug-likeness (QED) is 0.361. The Bertz CT molecular complexity index is 906. The molecule has 0 atom stereocenters. The van der Waals surface area contributed by atoms with Crippen molar-refractivity contribution in [2.45, 2.75) is 19.0 Å². The Hall–Kier alpha value is -2.62. The van der Waals surface area contributed by atoms with Crippen molar-refractivity contribution in [3.63, 3.8) is 0 Å². The van der Waals surface area contributed by atoms with E-state index < -0.39 is 17.6 Å². The molecule has 0 spiro atoms. The first-order valence-electron chi connectivity index (χ1n) is 7.90. The summed E-state index contributed by atoms with van der Waals surface area (Å²) in [5, 5.41) is 0.417. The third-order valence-electron chi connectivity index (χ3n) is 4.18. The predicted octanol–water partition coefficient (Wildman–Crippen LogP) is 6.78. The van der Waals surface area contributed by atoms with E-state index in [1.165, 1.54) is 17.7 Å². The van der Waals surface area contributed by atoms with E-state index in [0.29, 0.717) is 5.39 Å². The Balaban J connectivity index is 1.98. The van der Waals surface area contributed by atoms with Crippen LogP contribution < -0.4 is 0 Å². The van der Waals surface area contributed by atoms with Crippen LogP contribution in [0.3, 0.4) is 0 Å². The largest absolute Gasteiger partial charge is 0.419 e. The Labute approximate surface area is 143 Å². The standard InChI is InChI=1S/C21H16F4/c1-2-3-4-14-5-7-15(8-6-14)16-9-11-18-17(13-16)10-12-19(20(18)22)21(23,24)25/h2,5-13H,1,3-4H2. The summed E-state index contributed by atoms with van der Waals surface area (Å²) in [5.74, 6) is -1.23. The van der Waals surface area contributed by atoms with E-state index in [1.54, 1.807) is 12.1 Å². The topological polar surface area (TPSA) is 0 Å². The van der Waals surface area contributed by atoms with Crippen LogP contribution in [0.2, 0.25) is 0 Å². The molecule has 0 aromatic heterocycles. The zero-order chi connectivity index (χ0) is 18.0. The molecule has 0 saturated carbocycles. The molecule has 0 aliphatic rings. The van der Waals surface area contributed by atoms with Crippen molar-refractivity contribution >= 4 is 10.8 Å². The molecule has 0 fully saturated rings. The van der Waals surface area contributed by atoms with Gasteiger partial charge in [-0.15, -0.1) is 6.58 Å². The van der Waals surface area contributed by atoms with Crippen molar-refractivity contribution in [3.8, 4) is 11.1 Å². The maximum absolute atomic E-state index is 14.1. The fraction of sp³-hybridized carbons (Fsp3) is 0.143. The van der Waals surface area contributed by atoms with Gasteiger partial charge in [0, 0.05) is 5.39 Å². The van der Waals surface area contributed by atoms with Gasteiger partial charge in [-0.2, -0.15) is 13.2 Å². The summed E-state index contributed by atoms with van der Waals surface area (Å²) in [6.07, 6.45) is -1.03. The number of fused-ring (bicyclic) bond motifs is 1. The lowest BCUT2D eigenvalue weighted by molar-refractivity contribution is -0.139. The molecule has 128 valence electrons. The van der Waals surface area contributed by atoms with Crippen LogP contribution in [0.1, 0.15) is 17.5 Å². The first-order valence-corrected chi connectivity index (χ1v) is 7.90. The molecule has 25 heavy (non-hydrogen) atoms. The summed E-state index contributed by atoms with van der Waals surface area (Å²) in [5.41, 5.74) is 1.72. The smallest absolute Gasteiger partial charge is 0.206 e. The van der Waals surface area contributed by atoms with Crippen LogP contribution in [0.4, 0.5) is 17.6 Å². The number of aryl methyl sites for hydroxylation is 1. The molecule has 0 saturated heterocycles. The van der Waals surface area contributed by atoms with Gasteiger partial charge in [-0.05, 0) is 47.1 Å². The van der Waals surface area contributed by atoms with Gasteiger partial charge < -0.3 is 0 Å². The van der Waals surface area contributed by atoms with Crippen molar-refractivity contribution in [1.29, 1.82) is 0 Å². The molecular weight excluding hydrogens is 328 g/mol. The number of hydrogen-bond acceptors (Lipinski definition) is 0. The minimum atomic E-state index is -4.70. The van der Waals surface area contributed by atoms with Gasteiger partial charge in [0.15, 0.2) is 0 Å². The van der Waals surface area contributed by atoms with Crippen molar-refractivity contribution in [2.24, 2.45) is 0 Å². The lowest BCUT2D eigenvalue weighted by atomic mass is 9.98. The van der Waals surface area contributed by atoms with E-state index >= 15 is 0 Å². The predicted molar refractivity (Wildman–Crippen MR) is 92.9 cm³/mol. The van der Waals surface area contributed by atoms with Crippen LogP contribution in [-0.4, -0.2) is 0 Å². The van der Waals surface area contributed by atoms with Gasteiger partial charge in [-0.25, -0.2) is 4.39 Å². The van der Waals surface area contributed by atoms with E-state index in [9.17, 15) is 17.6 Å². The minimum Gasteiger partial charge on any atom is -0.206 e. The Morgan fingerprint density at radius 1 is 0.880 bits per heavy atom. The molecule has 0 radical (unpaired) electrons. The molecule has 0 heterocycles. The lowest BCUT2D eigenvalue weighted by Gasteiger charge is -2.11. The third-order valence-corrected chi connectivity index (χ3v) is 4.18. The van der Waals surface area contributed by atoms with Gasteiger partial charge >= 0.3 is 6.18 Å². The Morgan fingerprint density at radius 2 is 1.56 bits per heavy atom. The fourth-order valence-electron chi connectivity index (χ4n) is 2.82. The van der Waals surface area contributed by atoms with E-state index in [1.807, 2.05) is 30.3 Å². The molecule has 3 aromatic rings. The van der Waals surface area contributed by atoms with E-state index in [2.05, 4.69) is 6.58 Å². The Kier molecular flexibility index (Phi) is 4.62. The van der Waals surface area contributed by atoms with Crippen LogP contribution in [0.15, 0.2) is 67.3 Å². The number of halogens is 4. The van der Waals surface area contributed by atoms with Gasteiger partial charge in [-0.3, -0.25) is 0 Å². The SMILES string of the molecule is C=CCCc1ccc(-c2ccc3c(F)c(C(F)(F)F)ccc3c2)cc1. The van der Waals surface area contributed by atoms with Crippen molar-refractivity contribution in [3.05, 3.63) is 84.2 Å². The third kappa shape index (κ3) is 3.58. The highest BCUT2D eigenvalue weighted by molar-refractivity contribution is 5.88. The summed E-state index contributed by atoms with van der Waals surface area (Å²) in [6.45, 7) is 3.70. The summed E-state index contributed by atoms with van der Waals surface area (Å²) >= 11 is 0. The first kappa shape index (κ1) is 17.2. The highest BCUT2D eigenvalue weighted by Crippen LogP contribution is 2.35. The zero-order valence-electron chi connectivity index (χ0n) is 13.4. The lowest BCUT2D eigenvalue weighted by Crippen LogP contribution is -2.08. The molecule has 4 heteroatoms. The number of benzene rings is 3. The van der Waals surface area contributed by atoms with Crippen molar-refractivity contribution in [2.75, 3.05) is 0 Å². The minimum absolute atomic E-state index is 0.0267. The zero-order valence-corrected chi connectivity index (χ0v) is 13.4. The van der Waals surface area contributed by atoms with Crippen LogP contribution in [0.25, 0.3) is 21.9 Å². The monoisotopic (exact) mass is 344 g/mol. The number of rotatable bonds is 4. The molecule has 0 nitrogen and oxygen atoms in total. The maximum atomic E-state index is 14.1. The molecule has 0 unspecified atom stereocenters. The maximum Gasteiger partial charge on any atom is 0.419 e. The van der Waals surface area contributed by atoms with Crippen LogP contribution in [0, 0.1) is 5.82 Å². The number of hydrogen-bond donors (Lipinski definition) is 0. The van der Waals surface area contributed by atoms with Crippen LogP contribution in [-0.2, 0) is 12.6 Å². The first-order chi connectivity index (χ1) is 11.9. The molecule has 3 rings (SSSR count). The number of alkyl halides is 3. The molecule has 0 amide bonds. The molecule has 0 aliphatic heterocycles. The molecular formula is C21H16F4. The van der Waals surface area contributed by atoms with Crippen LogP contribution in [0.5, 0.6) is 0 Å². The fourth-order valence-corrected chi connectivity index (χ4v) is 2.82. The van der Waals surface area contributed by atoms with E-state index in [-0.39, 0.29) is 5.39 Å². The Morgan fingerprint density at radius 3 is 2.20 bits per heavy atom. The van der Waals surface area contributed by atoms with Crippen molar-refractivity contribution in [1.82, 2.24) is 0 Å². The van der Waals surface area contributed by atoms with E-state index in [4.69, 9.17) is 0 Å². The summed E-state index contributed by atoms with van der Waals surface area (Å²) in [7, 11) is 0. The van der Waals surface area contributed by atoms with Gasteiger partial charge in [0.25, 0.3) is 0 Å². The second-order valence-electron chi connectivity index (χ2n) is 5.89. The van der Waals surface area contributed by atoms with Gasteiger partial charge in [-0.1, -0.05) is 48.5 Å². The molecule has 0 bridgehead atoms. The van der Waals surface area contributed by atoms with Crippen LogP contribution >= 0.6 is 0 Å². The molecule has 3 aromatic carbocycles. The van der Waals surface area contributed by atoms with Gasteiger partial charge in [0.05, 0.1) is 5.56 Å². The average molecular weight is 344 g/mol. The van der Waals surface area contributed by atoms with E-state index in [0.717, 1.165) is 30.0 Å². The molecule has 0 N–H and O–H groups in total. The second-order valence-corrected chi connectivity index (χ2v) is 5.89. The summed E-state index contributed by atoms with van der Waals surface area (Å²) < 4.78 is 52.5. The highest BCUT2D eigenvalue weighted by atomic mass is 19.4. The second kappa shape index (κ2) is 6.71. The molecule has 0 aliphatic carbocycles. The summed E-state index contributed by atoms with van der Waals surface area (Å²) in [6, 6.07) is 14.8. The normalized spacial score (nSPS) is 11.7. The highest BCUT2D eigenvalue weighted by Gasteiger charge is 2.34. The number of allylic oxidation sites excluding steroid dienone is 1. The van der Waals surface area contributed by atoms with Crippen molar-refractivity contribution < 1.29 is 17.6 Å². The van der Waals surface area contributed by atoms with Gasteiger partial charge in [0.1, 0.15) is 5.82 Å². The average Bonchev–Trinajstić information content (AvgIpc) is 2.59. The summed E-state index contributed by atoms with van der Waals surface area (Å²) in [4.78, 5) is 0.